The first-order valence-corrected chi connectivity index (χ1v) is 14.8. The number of methoxy groups -OCH3 is 1. The maximum absolute atomic E-state index is 15.6. The SMILES string of the molecule is COc1nc2nc(C)nc(N[C@H](C)c3cccc(C(F)(F)[C@@H]4CCCO4)c3F)c2cc1C1CCS(=O)(=O)CC1. The van der Waals surface area contributed by atoms with Crippen LogP contribution in [0.25, 0.3) is 11.0 Å². The summed E-state index contributed by atoms with van der Waals surface area (Å²) in [7, 11) is -1.57. The zero-order valence-corrected chi connectivity index (χ0v) is 22.8. The van der Waals surface area contributed by atoms with Crippen molar-refractivity contribution in [3.05, 3.63) is 52.6 Å². The quantitative estimate of drug-likeness (QED) is 0.417. The van der Waals surface area contributed by atoms with Crippen LogP contribution in [0.2, 0.25) is 0 Å². The number of nitrogens with zero attached hydrogens (tertiary/aromatic N) is 3. The van der Waals surface area contributed by atoms with Gasteiger partial charge in [0.05, 0.1) is 35.6 Å². The van der Waals surface area contributed by atoms with Crippen molar-refractivity contribution < 1.29 is 31.1 Å². The van der Waals surface area contributed by atoms with Crippen LogP contribution in [0.15, 0.2) is 24.3 Å². The van der Waals surface area contributed by atoms with Gasteiger partial charge < -0.3 is 14.8 Å². The van der Waals surface area contributed by atoms with Gasteiger partial charge in [-0.05, 0) is 57.6 Å². The van der Waals surface area contributed by atoms with Gasteiger partial charge in [0, 0.05) is 17.7 Å². The molecule has 0 amide bonds. The van der Waals surface area contributed by atoms with Crippen LogP contribution in [0.4, 0.5) is 19.0 Å². The van der Waals surface area contributed by atoms with E-state index < -0.39 is 39.3 Å². The summed E-state index contributed by atoms with van der Waals surface area (Å²) in [5, 5.41) is 3.71. The van der Waals surface area contributed by atoms with Gasteiger partial charge in [-0.3, -0.25) is 0 Å². The zero-order valence-electron chi connectivity index (χ0n) is 22.0. The molecular formula is C27H31F3N4O4S. The number of hydrogen-bond acceptors (Lipinski definition) is 8. The Labute approximate surface area is 225 Å². The lowest BCUT2D eigenvalue weighted by Gasteiger charge is -2.26. The zero-order chi connectivity index (χ0) is 27.9. The fraction of sp³-hybridized carbons (Fsp3) is 0.519. The Morgan fingerprint density at radius 1 is 1.15 bits per heavy atom. The number of aryl methyl sites for hydroxylation is 1. The number of rotatable bonds is 7. The highest BCUT2D eigenvalue weighted by Crippen LogP contribution is 2.41. The van der Waals surface area contributed by atoms with Crippen LogP contribution in [-0.2, 0) is 20.5 Å². The molecule has 0 unspecified atom stereocenters. The number of pyridine rings is 1. The number of ether oxygens (including phenoxy) is 2. The van der Waals surface area contributed by atoms with Gasteiger partial charge in [0.25, 0.3) is 0 Å². The van der Waals surface area contributed by atoms with E-state index >= 15 is 13.2 Å². The Hall–Kier alpha value is -2.99. The summed E-state index contributed by atoms with van der Waals surface area (Å²) >= 11 is 0. The lowest BCUT2D eigenvalue weighted by molar-refractivity contribution is -0.124. The predicted molar refractivity (Wildman–Crippen MR) is 141 cm³/mol. The Morgan fingerprint density at radius 2 is 1.90 bits per heavy atom. The first-order chi connectivity index (χ1) is 18.5. The maximum atomic E-state index is 15.6. The van der Waals surface area contributed by atoms with Gasteiger partial charge in [-0.2, -0.15) is 13.8 Å². The highest BCUT2D eigenvalue weighted by Gasteiger charge is 2.46. The number of anilines is 1. The van der Waals surface area contributed by atoms with E-state index in [-0.39, 0.29) is 36.0 Å². The van der Waals surface area contributed by atoms with Crippen LogP contribution >= 0.6 is 0 Å². The molecule has 1 N–H and O–H groups in total. The maximum Gasteiger partial charge on any atom is 0.301 e. The molecule has 2 atom stereocenters. The van der Waals surface area contributed by atoms with Crippen molar-refractivity contribution in [2.24, 2.45) is 0 Å². The average molecular weight is 565 g/mol. The molecule has 2 saturated heterocycles. The number of hydrogen-bond donors (Lipinski definition) is 1. The molecule has 2 aliphatic heterocycles. The molecule has 3 aromatic rings. The van der Waals surface area contributed by atoms with Crippen molar-refractivity contribution in [3.8, 4) is 5.88 Å². The van der Waals surface area contributed by atoms with Crippen molar-refractivity contribution in [2.75, 3.05) is 30.5 Å². The van der Waals surface area contributed by atoms with Crippen molar-refractivity contribution in [2.45, 2.75) is 63.5 Å². The fourth-order valence-electron chi connectivity index (χ4n) is 5.39. The highest BCUT2D eigenvalue weighted by atomic mass is 32.2. The Kier molecular flexibility index (Phi) is 7.45. The van der Waals surface area contributed by atoms with Crippen LogP contribution in [0, 0.1) is 12.7 Å². The summed E-state index contributed by atoms with van der Waals surface area (Å²) in [5.74, 6) is -3.24. The summed E-state index contributed by atoms with van der Waals surface area (Å²) < 4.78 is 80.4. The number of benzene rings is 1. The molecule has 0 aliphatic carbocycles. The Morgan fingerprint density at radius 3 is 2.56 bits per heavy atom. The molecular weight excluding hydrogens is 533 g/mol. The van der Waals surface area contributed by atoms with Crippen LogP contribution < -0.4 is 10.1 Å². The minimum absolute atomic E-state index is 0.0637. The second kappa shape index (κ2) is 10.5. The largest absolute Gasteiger partial charge is 0.481 e. The number of nitrogens with one attached hydrogen (secondary N) is 1. The first-order valence-electron chi connectivity index (χ1n) is 13.0. The number of aromatic nitrogens is 3. The number of alkyl halides is 2. The van der Waals surface area contributed by atoms with Gasteiger partial charge in [-0.15, -0.1) is 0 Å². The average Bonchev–Trinajstić information content (AvgIpc) is 3.44. The van der Waals surface area contributed by atoms with Crippen LogP contribution in [0.3, 0.4) is 0 Å². The van der Waals surface area contributed by atoms with Gasteiger partial charge in [0.15, 0.2) is 5.65 Å². The molecule has 0 saturated carbocycles. The molecule has 12 heteroatoms. The molecule has 4 heterocycles. The molecule has 0 radical (unpaired) electrons. The molecule has 39 heavy (non-hydrogen) atoms. The number of fused-ring (bicyclic) bond motifs is 1. The molecule has 0 spiro atoms. The van der Waals surface area contributed by atoms with Crippen molar-refractivity contribution >= 4 is 26.7 Å². The third-order valence-electron chi connectivity index (χ3n) is 7.52. The monoisotopic (exact) mass is 564 g/mol. The van der Waals surface area contributed by atoms with Crippen LogP contribution in [-0.4, -0.2) is 54.7 Å². The molecule has 2 fully saturated rings. The van der Waals surface area contributed by atoms with Gasteiger partial charge in [0.1, 0.15) is 33.4 Å². The van der Waals surface area contributed by atoms with E-state index in [1.54, 1.807) is 13.8 Å². The lowest BCUT2D eigenvalue weighted by Crippen LogP contribution is -2.31. The minimum atomic E-state index is -3.46. The Bertz CT molecular complexity index is 1480. The van der Waals surface area contributed by atoms with Crippen LogP contribution in [0.5, 0.6) is 5.88 Å². The molecule has 2 aromatic heterocycles. The first kappa shape index (κ1) is 27.6. The van der Waals surface area contributed by atoms with E-state index in [0.29, 0.717) is 47.8 Å². The fourth-order valence-corrected chi connectivity index (χ4v) is 6.88. The van der Waals surface area contributed by atoms with Crippen LogP contribution in [0.1, 0.15) is 67.1 Å². The van der Waals surface area contributed by atoms with Gasteiger partial charge >= 0.3 is 5.92 Å². The molecule has 5 rings (SSSR count). The van der Waals surface area contributed by atoms with E-state index in [0.717, 1.165) is 11.6 Å². The van der Waals surface area contributed by atoms with E-state index in [4.69, 9.17) is 9.47 Å². The van der Waals surface area contributed by atoms with Crippen molar-refractivity contribution in [1.29, 1.82) is 0 Å². The van der Waals surface area contributed by atoms with Gasteiger partial charge in [0.2, 0.25) is 5.88 Å². The summed E-state index contributed by atoms with van der Waals surface area (Å²) in [6.07, 6.45) is 0.205. The molecule has 8 nitrogen and oxygen atoms in total. The van der Waals surface area contributed by atoms with Crippen molar-refractivity contribution in [3.63, 3.8) is 0 Å². The number of halogens is 3. The second-order valence-electron chi connectivity index (χ2n) is 10.2. The summed E-state index contributed by atoms with van der Waals surface area (Å²) in [6, 6.07) is 5.09. The van der Waals surface area contributed by atoms with Gasteiger partial charge in [-0.25, -0.2) is 22.8 Å². The highest BCUT2D eigenvalue weighted by molar-refractivity contribution is 7.91. The van der Waals surface area contributed by atoms with E-state index in [2.05, 4.69) is 20.3 Å². The van der Waals surface area contributed by atoms with E-state index in [9.17, 15) is 8.42 Å². The minimum Gasteiger partial charge on any atom is -0.481 e. The van der Waals surface area contributed by atoms with Gasteiger partial charge in [-0.1, -0.05) is 12.1 Å². The predicted octanol–water partition coefficient (Wildman–Crippen LogP) is 5.22. The lowest BCUT2D eigenvalue weighted by atomic mass is 9.93. The molecule has 1 aromatic carbocycles. The number of sulfone groups is 1. The third-order valence-corrected chi connectivity index (χ3v) is 9.24. The summed E-state index contributed by atoms with van der Waals surface area (Å²) in [6.45, 7) is 3.59. The molecule has 2 aliphatic rings. The summed E-state index contributed by atoms with van der Waals surface area (Å²) in [4.78, 5) is 13.5. The third kappa shape index (κ3) is 5.41. The standard InChI is InChI=1S/C27H31F3N4O4S/c1-15(18-6-4-7-21(23(18)28)27(29,30)22-8-5-11-38-22)31-24-20-14-19(17-9-12-39(35,36)13-10-17)26(37-3)34-25(20)33-16(2)32-24/h4,6-7,14-15,17,22H,5,8-13H2,1-3H3,(H,31,32,33,34)/t15-,22+/m1/s1. The topological polar surface area (TPSA) is 103 Å². The smallest absolute Gasteiger partial charge is 0.301 e. The molecule has 0 bridgehead atoms. The van der Waals surface area contributed by atoms with E-state index in [1.165, 1.54) is 19.2 Å². The molecule has 210 valence electrons. The van der Waals surface area contributed by atoms with Crippen molar-refractivity contribution in [1.82, 2.24) is 15.0 Å². The van der Waals surface area contributed by atoms with E-state index in [1.807, 2.05) is 6.07 Å². The summed E-state index contributed by atoms with van der Waals surface area (Å²) in [5.41, 5.74) is 0.465. The Balaban J connectivity index is 1.50. The normalized spacial score (nSPS) is 20.7. The second-order valence-corrected chi connectivity index (χ2v) is 12.5.